The molecule has 0 atom stereocenters. The summed E-state index contributed by atoms with van der Waals surface area (Å²) in [6, 6.07) is 0. The number of hydrogen-bond donors (Lipinski definition) is 3. The Hall–Kier alpha value is -0.650. The van der Waals surface area contributed by atoms with Gasteiger partial charge in [0.15, 0.2) is 0 Å². The predicted octanol–water partition coefficient (Wildman–Crippen LogP) is -0.604. The van der Waals surface area contributed by atoms with Gasteiger partial charge in [-0.2, -0.15) is 0 Å². The van der Waals surface area contributed by atoms with Gasteiger partial charge in [-0.15, -0.1) is 0 Å². The number of ether oxygens (including phenoxy) is 1. The van der Waals surface area contributed by atoms with Gasteiger partial charge in [-0.3, -0.25) is 4.79 Å². The zero-order valence-electron chi connectivity index (χ0n) is 9.71. The minimum absolute atomic E-state index is 0.0254. The number of hydrogen-bond acceptors (Lipinski definition) is 4. The number of rotatable bonds is 5. The maximum atomic E-state index is 11.6. The van der Waals surface area contributed by atoms with E-state index in [0.29, 0.717) is 0 Å². The molecule has 1 heterocycles. The van der Waals surface area contributed by atoms with Crippen molar-refractivity contribution in [3.05, 3.63) is 0 Å². The molecule has 1 aliphatic heterocycles. The molecule has 0 bridgehead atoms. The van der Waals surface area contributed by atoms with Crippen LogP contribution >= 0.6 is 0 Å². The number of amides is 1. The van der Waals surface area contributed by atoms with Gasteiger partial charge in [0.2, 0.25) is 5.91 Å². The molecule has 3 N–H and O–H groups in total. The van der Waals surface area contributed by atoms with Crippen LogP contribution in [0.2, 0.25) is 0 Å². The molecule has 0 radical (unpaired) electrons. The molecule has 2 fully saturated rings. The Labute approximate surface area is 95.5 Å². The van der Waals surface area contributed by atoms with Crippen LogP contribution in [-0.2, 0) is 9.53 Å². The Bertz CT molecular complexity index is 267. The predicted molar refractivity (Wildman–Crippen MR) is 59.0 cm³/mol. The lowest BCUT2D eigenvalue weighted by Gasteiger charge is -2.42. The highest BCUT2D eigenvalue weighted by Gasteiger charge is 2.38. The summed E-state index contributed by atoms with van der Waals surface area (Å²) >= 11 is 0. The molecular weight excluding hydrogens is 208 g/mol. The van der Waals surface area contributed by atoms with Crippen LogP contribution in [0.15, 0.2) is 0 Å². The summed E-state index contributed by atoms with van der Waals surface area (Å²) in [6.45, 7) is 3.69. The highest BCUT2D eigenvalue weighted by molar-refractivity contribution is 5.78. The second-order valence-electron chi connectivity index (χ2n) is 5.18. The molecule has 0 aromatic rings. The van der Waals surface area contributed by atoms with Gasteiger partial charge in [0.1, 0.15) is 6.61 Å². The van der Waals surface area contributed by atoms with E-state index in [4.69, 9.17) is 4.74 Å². The van der Waals surface area contributed by atoms with E-state index >= 15 is 0 Å². The van der Waals surface area contributed by atoms with Crippen LogP contribution in [0.1, 0.15) is 26.2 Å². The summed E-state index contributed by atoms with van der Waals surface area (Å²) in [5, 5.41) is 15.2. The number of carbonyl (C=O) groups is 1. The third kappa shape index (κ3) is 2.36. The second kappa shape index (κ2) is 4.31. The third-order valence-electron chi connectivity index (χ3n) is 3.57. The molecule has 0 aromatic carbocycles. The fraction of sp³-hybridized carbons (Fsp3) is 0.909. The van der Waals surface area contributed by atoms with Gasteiger partial charge in [0.05, 0.1) is 17.7 Å². The van der Waals surface area contributed by atoms with Gasteiger partial charge in [0, 0.05) is 13.1 Å². The average Bonchev–Trinajstić information content (AvgIpc) is 2.18. The van der Waals surface area contributed by atoms with Gasteiger partial charge < -0.3 is 20.5 Å². The second-order valence-corrected chi connectivity index (χ2v) is 5.18. The van der Waals surface area contributed by atoms with Gasteiger partial charge in [-0.25, -0.2) is 0 Å². The van der Waals surface area contributed by atoms with Gasteiger partial charge in [-0.1, -0.05) is 0 Å². The molecule has 1 saturated heterocycles. The van der Waals surface area contributed by atoms with Crippen molar-refractivity contribution >= 4 is 5.91 Å². The van der Waals surface area contributed by atoms with Gasteiger partial charge >= 0.3 is 0 Å². The Balaban J connectivity index is 1.71. The van der Waals surface area contributed by atoms with E-state index in [2.05, 4.69) is 10.6 Å². The fourth-order valence-electron chi connectivity index (χ4n) is 2.08. The average molecular weight is 228 g/mol. The summed E-state index contributed by atoms with van der Waals surface area (Å²) in [7, 11) is 0. The summed E-state index contributed by atoms with van der Waals surface area (Å²) in [5.74, 6) is -0.123. The minimum atomic E-state index is -0.362. The van der Waals surface area contributed by atoms with Gasteiger partial charge in [-0.05, 0) is 26.2 Å². The van der Waals surface area contributed by atoms with Crippen LogP contribution in [0.5, 0.6) is 0 Å². The standard InChI is InChI=1S/C11H20N2O3/c1-10(6-12-7-10)16-5-9(15)13-11(8-14)3-2-4-11/h12,14H,2-8H2,1H3,(H,13,15). The molecular formula is C11H20N2O3. The normalized spacial score (nSPS) is 25.4. The Kier molecular flexibility index (Phi) is 3.19. The Morgan fingerprint density at radius 3 is 2.56 bits per heavy atom. The van der Waals surface area contributed by atoms with E-state index in [1.165, 1.54) is 0 Å². The first-order valence-corrected chi connectivity index (χ1v) is 5.84. The van der Waals surface area contributed by atoms with E-state index < -0.39 is 0 Å². The highest BCUT2D eigenvalue weighted by atomic mass is 16.5. The van der Waals surface area contributed by atoms with Crippen molar-refractivity contribution in [1.29, 1.82) is 0 Å². The largest absolute Gasteiger partial charge is 0.394 e. The van der Waals surface area contributed by atoms with Crippen LogP contribution < -0.4 is 10.6 Å². The molecule has 2 rings (SSSR count). The van der Waals surface area contributed by atoms with Crippen LogP contribution in [0.4, 0.5) is 0 Å². The van der Waals surface area contributed by atoms with Gasteiger partial charge in [0.25, 0.3) is 0 Å². The first-order valence-electron chi connectivity index (χ1n) is 5.84. The molecule has 92 valence electrons. The monoisotopic (exact) mass is 228 g/mol. The molecule has 1 aliphatic carbocycles. The summed E-state index contributed by atoms with van der Waals surface area (Å²) in [6.07, 6.45) is 2.81. The van der Waals surface area contributed by atoms with E-state index in [0.717, 1.165) is 32.4 Å². The van der Waals surface area contributed by atoms with Crippen molar-refractivity contribution in [3.8, 4) is 0 Å². The maximum Gasteiger partial charge on any atom is 0.246 e. The minimum Gasteiger partial charge on any atom is -0.394 e. The molecule has 5 heteroatoms. The summed E-state index contributed by atoms with van der Waals surface area (Å²) < 4.78 is 5.53. The van der Waals surface area contributed by atoms with Crippen molar-refractivity contribution < 1.29 is 14.6 Å². The number of nitrogens with one attached hydrogen (secondary N) is 2. The Morgan fingerprint density at radius 2 is 2.19 bits per heavy atom. The lowest BCUT2D eigenvalue weighted by Crippen LogP contribution is -2.61. The molecule has 1 saturated carbocycles. The zero-order chi connectivity index (χ0) is 11.6. The first kappa shape index (κ1) is 11.8. The number of carbonyl (C=O) groups excluding carboxylic acids is 1. The van der Waals surface area contributed by atoms with E-state index in [9.17, 15) is 9.90 Å². The summed E-state index contributed by atoms with van der Waals surface area (Å²) in [5.41, 5.74) is -0.553. The topological polar surface area (TPSA) is 70.6 Å². The Morgan fingerprint density at radius 1 is 1.50 bits per heavy atom. The SMILES string of the molecule is CC1(OCC(=O)NC2(CO)CCC2)CNC1. The zero-order valence-corrected chi connectivity index (χ0v) is 9.71. The molecule has 0 unspecified atom stereocenters. The fourth-order valence-corrected chi connectivity index (χ4v) is 2.08. The van der Waals surface area contributed by atoms with E-state index in [1.54, 1.807) is 0 Å². The van der Waals surface area contributed by atoms with Crippen molar-refractivity contribution in [2.24, 2.45) is 0 Å². The quantitative estimate of drug-likeness (QED) is 0.587. The van der Waals surface area contributed by atoms with E-state index in [-0.39, 0.29) is 30.3 Å². The smallest absolute Gasteiger partial charge is 0.246 e. The van der Waals surface area contributed by atoms with Crippen LogP contribution in [0.25, 0.3) is 0 Å². The van der Waals surface area contributed by atoms with Crippen molar-refractivity contribution in [3.63, 3.8) is 0 Å². The van der Waals surface area contributed by atoms with Crippen LogP contribution in [-0.4, -0.2) is 48.5 Å². The number of aliphatic hydroxyl groups excluding tert-OH is 1. The molecule has 0 spiro atoms. The number of aliphatic hydroxyl groups is 1. The van der Waals surface area contributed by atoms with Crippen LogP contribution in [0, 0.1) is 0 Å². The maximum absolute atomic E-state index is 11.6. The van der Waals surface area contributed by atoms with Crippen LogP contribution in [0.3, 0.4) is 0 Å². The third-order valence-corrected chi connectivity index (χ3v) is 3.57. The summed E-state index contributed by atoms with van der Waals surface area (Å²) in [4.78, 5) is 11.6. The lowest BCUT2D eigenvalue weighted by molar-refractivity contribution is -0.139. The molecule has 1 amide bonds. The molecule has 5 nitrogen and oxygen atoms in total. The molecule has 2 aliphatic rings. The van der Waals surface area contributed by atoms with Crippen molar-refractivity contribution in [1.82, 2.24) is 10.6 Å². The molecule has 0 aromatic heterocycles. The lowest BCUT2D eigenvalue weighted by atomic mass is 9.77. The van der Waals surface area contributed by atoms with E-state index in [1.807, 2.05) is 6.92 Å². The first-order chi connectivity index (χ1) is 7.58. The van der Waals surface area contributed by atoms with Crippen molar-refractivity contribution in [2.75, 3.05) is 26.3 Å². The van der Waals surface area contributed by atoms with Crippen molar-refractivity contribution in [2.45, 2.75) is 37.3 Å². The highest BCUT2D eigenvalue weighted by Crippen LogP contribution is 2.31. The molecule has 16 heavy (non-hydrogen) atoms.